The van der Waals surface area contributed by atoms with Gasteiger partial charge in [-0.3, -0.25) is 13.9 Å². The van der Waals surface area contributed by atoms with Gasteiger partial charge in [-0.1, -0.05) is 59.7 Å². The van der Waals surface area contributed by atoms with Crippen molar-refractivity contribution in [2.75, 3.05) is 10.8 Å². The maximum absolute atomic E-state index is 14.0. The molecule has 0 saturated heterocycles. The average molecular weight is 550 g/mol. The first-order valence-electron chi connectivity index (χ1n) is 13.1. The van der Waals surface area contributed by atoms with Crippen molar-refractivity contribution in [1.82, 2.24) is 10.2 Å². The zero-order valence-electron chi connectivity index (χ0n) is 23.9. The van der Waals surface area contributed by atoms with E-state index in [-0.39, 0.29) is 23.4 Å². The average Bonchev–Trinajstić information content (AvgIpc) is 2.87. The topological polar surface area (TPSA) is 86.8 Å². The highest BCUT2D eigenvalue weighted by molar-refractivity contribution is 7.92. The quantitative estimate of drug-likeness (QED) is 0.383. The first-order valence-corrected chi connectivity index (χ1v) is 14.6. The summed E-state index contributed by atoms with van der Waals surface area (Å²) in [4.78, 5) is 28.6. The minimum absolute atomic E-state index is 0.0950. The zero-order valence-corrected chi connectivity index (χ0v) is 24.7. The molecule has 0 radical (unpaired) electrons. The molecule has 0 aromatic heterocycles. The number of rotatable bonds is 10. The summed E-state index contributed by atoms with van der Waals surface area (Å²) in [5, 5.41) is 2.87. The van der Waals surface area contributed by atoms with E-state index in [1.165, 1.54) is 9.21 Å². The van der Waals surface area contributed by atoms with Crippen LogP contribution in [0.2, 0.25) is 0 Å². The Morgan fingerprint density at radius 2 is 1.49 bits per heavy atom. The van der Waals surface area contributed by atoms with Crippen LogP contribution in [-0.4, -0.2) is 43.8 Å². The van der Waals surface area contributed by atoms with Crippen LogP contribution in [0.15, 0.2) is 71.6 Å². The standard InChI is InChI=1S/C31H39N3O4S/c1-21(2)32-31(36)26(7)33(19-27-12-8-10-23(4)18-27)30(35)20-34(29-13-9-11-24(5)25(29)6)39(37,38)28-16-14-22(3)15-17-28/h8-18,21,26H,19-20H2,1-7H3,(H,32,36)/t26-/m1/s1. The number of nitrogens with one attached hydrogen (secondary N) is 1. The van der Waals surface area contributed by atoms with E-state index < -0.39 is 28.5 Å². The number of carbonyl (C=O) groups excluding carboxylic acids is 2. The third kappa shape index (κ3) is 7.26. The summed E-state index contributed by atoms with van der Waals surface area (Å²) in [5.41, 5.74) is 4.91. The predicted octanol–water partition coefficient (Wildman–Crippen LogP) is 5.06. The Labute approximate surface area is 232 Å². The van der Waals surface area contributed by atoms with Gasteiger partial charge in [-0.2, -0.15) is 0 Å². The number of aryl methyl sites for hydroxylation is 3. The van der Waals surface area contributed by atoms with Crippen LogP contribution in [0, 0.1) is 27.7 Å². The molecule has 0 saturated carbocycles. The summed E-state index contributed by atoms with van der Waals surface area (Å²) >= 11 is 0. The minimum atomic E-state index is -4.10. The number of amides is 2. The van der Waals surface area contributed by atoms with Crippen molar-refractivity contribution in [3.8, 4) is 0 Å². The van der Waals surface area contributed by atoms with E-state index in [9.17, 15) is 18.0 Å². The summed E-state index contributed by atoms with van der Waals surface area (Å²) in [6.07, 6.45) is 0. The first-order chi connectivity index (χ1) is 18.3. The van der Waals surface area contributed by atoms with E-state index in [0.717, 1.165) is 27.8 Å². The molecule has 7 nitrogen and oxygen atoms in total. The van der Waals surface area contributed by atoms with Gasteiger partial charge in [-0.25, -0.2) is 8.42 Å². The molecule has 0 bridgehead atoms. The number of hydrogen-bond acceptors (Lipinski definition) is 4. The van der Waals surface area contributed by atoms with Crippen LogP contribution in [0.5, 0.6) is 0 Å². The fourth-order valence-corrected chi connectivity index (χ4v) is 5.82. The van der Waals surface area contributed by atoms with E-state index in [1.54, 1.807) is 43.3 Å². The highest BCUT2D eigenvalue weighted by atomic mass is 32.2. The molecule has 39 heavy (non-hydrogen) atoms. The first kappa shape index (κ1) is 29.9. The Morgan fingerprint density at radius 1 is 0.846 bits per heavy atom. The van der Waals surface area contributed by atoms with Crippen molar-refractivity contribution in [3.63, 3.8) is 0 Å². The second-order valence-corrected chi connectivity index (χ2v) is 12.3. The van der Waals surface area contributed by atoms with E-state index in [2.05, 4.69) is 5.32 Å². The van der Waals surface area contributed by atoms with Crippen LogP contribution in [0.1, 0.15) is 48.6 Å². The van der Waals surface area contributed by atoms with Crippen molar-refractivity contribution in [3.05, 3.63) is 94.5 Å². The zero-order chi connectivity index (χ0) is 28.9. The molecule has 1 N–H and O–H groups in total. The number of anilines is 1. The lowest BCUT2D eigenvalue weighted by Gasteiger charge is -2.33. The molecule has 0 spiro atoms. The molecule has 8 heteroatoms. The molecule has 0 aliphatic carbocycles. The lowest BCUT2D eigenvalue weighted by molar-refractivity contribution is -0.139. The van der Waals surface area contributed by atoms with Gasteiger partial charge in [0.05, 0.1) is 10.6 Å². The van der Waals surface area contributed by atoms with Crippen LogP contribution in [0.3, 0.4) is 0 Å². The molecular weight excluding hydrogens is 510 g/mol. The fraction of sp³-hybridized carbons (Fsp3) is 0.355. The summed E-state index contributed by atoms with van der Waals surface area (Å²) in [6, 6.07) is 18.8. The van der Waals surface area contributed by atoms with Crippen LogP contribution in [-0.2, 0) is 26.2 Å². The molecule has 0 aliphatic heterocycles. The van der Waals surface area contributed by atoms with Crippen LogP contribution in [0.25, 0.3) is 0 Å². The van der Waals surface area contributed by atoms with Crippen molar-refractivity contribution >= 4 is 27.5 Å². The number of benzene rings is 3. The Bertz CT molecular complexity index is 1430. The normalized spacial score (nSPS) is 12.2. The van der Waals surface area contributed by atoms with Gasteiger partial charge in [-0.05, 0) is 83.4 Å². The van der Waals surface area contributed by atoms with E-state index >= 15 is 0 Å². The van der Waals surface area contributed by atoms with Crippen molar-refractivity contribution in [2.24, 2.45) is 0 Å². The van der Waals surface area contributed by atoms with Crippen molar-refractivity contribution < 1.29 is 18.0 Å². The summed E-state index contributed by atoms with van der Waals surface area (Å²) in [7, 11) is -4.10. The molecular formula is C31H39N3O4S. The predicted molar refractivity (Wildman–Crippen MR) is 156 cm³/mol. The van der Waals surface area contributed by atoms with Gasteiger partial charge in [0, 0.05) is 12.6 Å². The Kier molecular flexibility index (Phi) is 9.56. The molecule has 1 atom stereocenters. The van der Waals surface area contributed by atoms with Gasteiger partial charge in [-0.15, -0.1) is 0 Å². The molecule has 0 unspecified atom stereocenters. The second-order valence-electron chi connectivity index (χ2n) is 10.4. The smallest absolute Gasteiger partial charge is 0.264 e. The molecule has 0 heterocycles. The van der Waals surface area contributed by atoms with Gasteiger partial charge in [0.2, 0.25) is 11.8 Å². The number of sulfonamides is 1. The van der Waals surface area contributed by atoms with Crippen LogP contribution >= 0.6 is 0 Å². The van der Waals surface area contributed by atoms with E-state index in [1.807, 2.05) is 71.9 Å². The largest absolute Gasteiger partial charge is 0.352 e. The second kappa shape index (κ2) is 12.5. The summed E-state index contributed by atoms with van der Waals surface area (Å²) in [5.74, 6) is -0.773. The van der Waals surface area contributed by atoms with Crippen LogP contribution < -0.4 is 9.62 Å². The summed E-state index contributed by atoms with van der Waals surface area (Å²) < 4.78 is 29.2. The maximum Gasteiger partial charge on any atom is 0.264 e. The van der Waals surface area contributed by atoms with Crippen LogP contribution in [0.4, 0.5) is 5.69 Å². The molecule has 208 valence electrons. The van der Waals surface area contributed by atoms with Gasteiger partial charge in [0.1, 0.15) is 12.6 Å². The minimum Gasteiger partial charge on any atom is -0.352 e. The van der Waals surface area contributed by atoms with Crippen molar-refractivity contribution in [2.45, 2.75) is 72.0 Å². The van der Waals surface area contributed by atoms with Crippen molar-refractivity contribution in [1.29, 1.82) is 0 Å². The molecule has 0 fully saturated rings. The molecule has 3 rings (SSSR count). The monoisotopic (exact) mass is 549 g/mol. The van der Waals surface area contributed by atoms with E-state index in [4.69, 9.17) is 0 Å². The number of nitrogens with zero attached hydrogens (tertiary/aromatic N) is 2. The fourth-order valence-electron chi connectivity index (χ4n) is 4.35. The lowest BCUT2D eigenvalue weighted by atomic mass is 10.1. The SMILES string of the molecule is Cc1ccc(S(=O)(=O)N(CC(=O)N(Cc2cccc(C)c2)[C@H](C)C(=O)NC(C)C)c2cccc(C)c2C)cc1. The van der Waals surface area contributed by atoms with Gasteiger partial charge < -0.3 is 10.2 Å². The van der Waals surface area contributed by atoms with Gasteiger partial charge >= 0.3 is 0 Å². The molecule has 3 aromatic rings. The molecule has 0 aliphatic rings. The lowest BCUT2D eigenvalue weighted by Crippen LogP contribution is -2.52. The Morgan fingerprint density at radius 3 is 2.10 bits per heavy atom. The maximum atomic E-state index is 14.0. The van der Waals surface area contributed by atoms with Gasteiger partial charge in [0.15, 0.2) is 0 Å². The number of carbonyl (C=O) groups is 2. The number of hydrogen-bond donors (Lipinski definition) is 1. The van der Waals surface area contributed by atoms with E-state index in [0.29, 0.717) is 5.69 Å². The Balaban J connectivity index is 2.08. The molecule has 3 aromatic carbocycles. The summed E-state index contributed by atoms with van der Waals surface area (Å²) in [6.45, 7) is 12.7. The third-order valence-corrected chi connectivity index (χ3v) is 8.54. The highest BCUT2D eigenvalue weighted by Crippen LogP contribution is 2.29. The third-order valence-electron chi connectivity index (χ3n) is 6.77. The molecule has 2 amide bonds. The Hall–Kier alpha value is -3.65. The van der Waals surface area contributed by atoms with Gasteiger partial charge in [0.25, 0.3) is 10.0 Å². The highest BCUT2D eigenvalue weighted by Gasteiger charge is 2.33.